The number of benzene rings is 1. The number of halogens is 5. The van der Waals surface area contributed by atoms with Crippen LogP contribution in [0.1, 0.15) is 24.1 Å². The van der Waals surface area contributed by atoms with E-state index in [-0.39, 0.29) is 43.2 Å². The standard InChI is InChI=1S/C17H18F3N3OS.2ClH/c18-17(19,20)12-4-1-3-11(7-12)16-22-14(10-25-16)8-15(24)23-6-2-5-13(21)9-23;;/h1,3-4,7,10,13H,2,5-6,8-9,21H2;2*1H. The van der Waals surface area contributed by atoms with Crippen molar-refractivity contribution in [2.24, 2.45) is 5.73 Å². The Morgan fingerprint density at radius 2 is 2.07 bits per heavy atom. The van der Waals surface area contributed by atoms with Gasteiger partial charge in [0.15, 0.2) is 0 Å². The molecule has 0 saturated carbocycles. The molecule has 4 nitrogen and oxygen atoms in total. The summed E-state index contributed by atoms with van der Waals surface area (Å²) in [6, 6.07) is 5.06. The highest BCUT2D eigenvalue weighted by molar-refractivity contribution is 7.13. The zero-order chi connectivity index (χ0) is 18.0. The van der Waals surface area contributed by atoms with Crippen LogP contribution >= 0.6 is 36.2 Å². The van der Waals surface area contributed by atoms with Crippen LogP contribution in [0.3, 0.4) is 0 Å². The van der Waals surface area contributed by atoms with Crippen LogP contribution in [0.25, 0.3) is 10.6 Å². The minimum Gasteiger partial charge on any atom is -0.341 e. The Hall–Kier alpha value is -1.35. The Morgan fingerprint density at radius 3 is 2.74 bits per heavy atom. The van der Waals surface area contributed by atoms with E-state index in [1.165, 1.54) is 17.4 Å². The number of nitrogens with two attached hydrogens (primary N) is 1. The maximum absolute atomic E-state index is 12.8. The van der Waals surface area contributed by atoms with Crippen molar-refractivity contribution in [1.82, 2.24) is 9.88 Å². The maximum atomic E-state index is 12.8. The first-order valence-corrected chi connectivity index (χ1v) is 8.86. The number of likely N-dealkylation sites (tertiary alicyclic amines) is 1. The van der Waals surface area contributed by atoms with Gasteiger partial charge in [0.2, 0.25) is 5.91 Å². The van der Waals surface area contributed by atoms with Gasteiger partial charge >= 0.3 is 6.18 Å². The van der Waals surface area contributed by atoms with Crippen LogP contribution in [0.2, 0.25) is 0 Å². The van der Waals surface area contributed by atoms with Gasteiger partial charge in [-0.1, -0.05) is 12.1 Å². The first-order valence-electron chi connectivity index (χ1n) is 7.98. The van der Waals surface area contributed by atoms with Gasteiger partial charge in [0.05, 0.1) is 17.7 Å². The first-order chi connectivity index (χ1) is 11.8. The predicted octanol–water partition coefficient (Wildman–Crippen LogP) is 4.16. The molecule has 0 spiro atoms. The van der Waals surface area contributed by atoms with Crippen molar-refractivity contribution >= 4 is 42.1 Å². The Labute approximate surface area is 171 Å². The van der Waals surface area contributed by atoms with Crippen LogP contribution in [-0.2, 0) is 17.4 Å². The number of thiazole rings is 1. The second kappa shape index (κ2) is 9.73. The van der Waals surface area contributed by atoms with Gasteiger partial charge in [0.25, 0.3) is 0 Å². The Morgan fingerprint density at radius 1 is 1.33 bits per heavy atom. The molecule has 0 radical (unpaired) electrons. The van der Waals surface area contributed by atoms with Crippen molar-refractivity contribution in [1.29, 1.82) is 0 Å². The Bertz CT molecular complexity index is 770. The van der Waals surface area contributed by atoms with Crippen LogP contribution < -0.4 is 5.73 Å². The molecule has 1 amide bonds. The van der Waals surface area contributed by atoms with Gasteiger partial charge in [-0.25, -0.2) is 4.98 Å². The van der Waals surface area contributed by atoms with Gasteiger partial charge in [-0.3, -0.25) is 4.79 Å². The number of hydrogen-bond donors (Lipinski definition) is 1. The number of hydrogen-bond acceptors (Lipinski definition) is 4. The van der Waals surface area contributed by atoms with Crippen molar-refractivity contribution in [3.8, 4) is 10.6 Å². The number of amides is 1. The summed E-state index contributed by atoms with van der Waals surface area (Å²) in [5.41, 5.74) is 6.15. The van der Waals surface area contributed by atoms with Crippen LogP contribution in [0.15, 0.2) is 29.6 Å². The van der Waals surface area contributed by atoms with Crippen molar-refractivity contribution in [3.63, 3.8) is 0 Å². The molecule has 3 rings (SSSR count). The third-order valence-electron chi connectivity index (χ3n) is 4.13. The molecule has 1 saturated heterocycles. The topological polar surface area (TPSA) is 59.2 Å². The highest BCUT2D eigenvalue weighted by Crippen LogP contribution is 2.33. The summed E-state index contributed by atoms with van der Waals surface area (Å²) in [4.78, 5) is 18.4. The number of nitrogens with zero attached hydrogens (tertiary/aromatic N) is 2. The van der Waals surface area contributed by atoms with Gasteiger partial charge in [-0.2, -0.15) is 13.2 Å². The number of carbonyl (C=O) groups excluding carboxylic acids is 1. The molecular formula is C17H20Cl2F3N3OS. The third kappa shape index (κ3) is 6.07. The van der Waals surface area contributed by atoms with Gasteiger partial charge < -0.3 is 10.6 Å². The second-order valence-electron chi connectivity index (χ2n) is 6.14. The molecule has 1 aliphatic heterocycles. The fraction of sp³-hybridized carbons (Fsp3) is 0.412. The van der Waals surface area contributed by atoms with Crippen LogP contribution in [0.4, 0.5) is 13.2 Å². The zero-order valence-electron chi connectivity index (χ0n) is 14.2. The third-order valence-corrected chi connectivity index (χ3v) is 5.07. The highest BCUT2D eigenvalue weighted by Gasteiger charge is 2.30. The maximum Gasteiger partial charge on any atom is 0.416 e. The summed E-state index contributed by atoms with van der Waals surface area (Å²) in [7, 11) is 0. The van der Waals surface area contributed by atoms with E-state index >= 15 is 0 Å². The molecule has 150 valence electrons. The average Bonchev–Trinajstić information content (AvgIpc) is 3.03. The minimum absolute atomic E-state index is 0. The molecule has 2 aromatic rings. The highest BCUT2D eigenvalue weighted by atomic mass is 35.5. The second-order valence-corrected chi connectivity index (χ2v) is 7.00. The fourth-order valence-electron chi connectivity index (χ4n) is 2.85. The molecule has 0 bridgehead atoms. The first kappa shape index (κ1) is 23.7. The smallest absolute Gasteiger partial charge is 0.341 e. The van der Waals surface area contributed by atoms with Crippen LogP contribution in [-0.4, -0.2) is 34.9 Å². The Balaban J connectivity index is 0.00000182. The lowest BCUT2D eigenvalue weighted by Crippen LogP contribution is -2.46. The normalized spacial score (nSPS) is 17.0. The number of aromatic nitrogens is 1. The molecule has 2 N–H and O–H groups in total. The number of carbonyl (C=O) groups is 1. The lowest BCUT2D eigenvalue weighted by atomic mass is 10.1. The molecule has 10 heteroatoms. The molecule has 27 heavy (non-hydrogen) atoms. The minimum atomic E-state index is -4.39. The molecule has 1 aliphatic rings. The summed E-state index contributed by atoms with van der Waals surface area (Å²) in [5, 5.41) is 2.20. The number of rotatable bonds is 3. The summed E-state index contributed by atoms with van der Waals surface area (Å²) in [6.07, 6.45) is -2.44. The van der Waals surface area contributed by atoms with Gasteiger partial charge in [-0.15, -0.1) is 36.2 Å². The molecular weight excluding hydrogens is 422 g/mol. The quantitative estimate of drug-likeness (QED) is 0.777. The van der Waals surface area contributed by atoms with E-state index in [0.717, 1.165) is 25.0 Å². The molecule has 2 heterocycles. The number of piperidine rings is 1. The lowest BCUT2D eigenvalue weighted by molar-refractivity contribution is -0.137. The predicted molar refractivity (Wildman–Crippen MR) is 105 cm³/mol. The fourth-order valence-corrected chi connectivity index (χ4v) is 3.67. The van der Waals surface area contributed by atoms with Crippen molar-refractivity contribution in [2.75, 3.05) is 13.1 Å². The SMILES string of the molecule is Cl.Cl.NC1CCCN(C(=O)Cc2csc(-c3cccc(C(F)(F)F)c3)n2)C1. The largest absolute Gasteiger partial charge is 0.416 e. The van der Waals surface area contributed by atoms with Gasteiger partial charge in [0.1, 0.15) is 5.01 Å². The van der Waals surface area contributed by atoms with E-state index in [1.54, 1.807) is 16.3 Å². The van der Waals surface area contributed by atoms with E-state index in [9.17, 15) is 18.0 Å². The molecule has 1 fully saturated rings. The molecule has 1 unspecified atom stereocenters. The summed E-state index contributed by atoms with van der Waals surface area (Å²) in [6.45, 7) is 1.24. The van der Waals surface area contributed by atoms with Crippen molar-refractivity contribution in [2.45, 2.75) is 31.5 Å². The average molecular weight is 442 g/mol. The lowest BCUT2D eigenvalue weighted by Gasteiger charge is -2.30. The summed E-state index contributed by atoms with van der Waals surface area (Å²) in [5.74, 6) is -0.0453. The van der Waals surface area contributed by atoms with Crippen LogP contribution in [0, 0.1) is 0 Å². The van der Waals surface area contributed by atoms with Gasteiger partial charge in [-0.05, 0) is 25.0 Å². The van der Waals surface area contributed by atoms with Crippen LogP contribution in [0.5, 0.6) is 0 Å². The van der Waals surface area contributed by atoms with E-state index in [1.807, 2.05) is 0 Å². The summed E-state index contributed by atoms with van der Waals surface area (Å²) < 4.78 is 38.5. The molecule has 0 aliphatic carbocycles. The monoisotopic (exact) mass is 441 g/mol. The molecule has 1 aromatic heterocycles. The van der Waals surface area contributed by atoms with Gasteiger partial charge in [0, 0.05) is 30.1 Å². The van der Waals surface area contributed by atoms with E-state index in [4.69, 9.17) is 5.73 Å². The molecule has 1 atom stereocenters. The molecule has 1 aromatic carbocycles. The number of alkyl halides is 3. The van der Waals surface area contributed by atoms with E-state index in [0.29, 0.717) is 29.4 Å². The Kier molecular flexibility index (Phi) is 8.53. The van der Waals surface area contributed by atoms with E-state index < -0.39 is 11.7 Å². The van der Waals surface area contributed by atoms with Crippen molar-refractivity contribution < 1.29 is 18.0 Å². The van der Waals surface area contributed by atoms with E-state index in [2.05, 4.69) is 4.98 Å². The summed E-state index contributed by atoms with van der Waals surface area (Å²) >= 11 is 1.24. The van der Waals surface area contributed by atoms with Crippen molar-refractivity contribution in [3.05, 3.63) is 40.9 Å². The zero-order valence-corrected chi connectivity index (χ0v) is 16.7.